The summed E-state index contributed by atoms with van der Waals surface area (Å²) in [6.07, 6.45) is 2.69. The number of hydrogen-bond acceptors (Lipinski definition) is 5. The van der Waals surface area contributed by atoms with Gasteiger partial charge in [-0.05, 0) is 55.7 Å². The first-order valence-corrected chi connectivity index (χ1v) is 11.9. The zero-order valence-corrected chi connectivity index (χ0v) is 19.4. The maximum absolute atomic E-state index is 13.0. The van der Waals surface area contributed by atoms with Crippen molar-refractivity contribution in [2.75, 3.05) is 27.3 Å². The average Bonchev–Trinajstić information content (AvgIpc) is 2.79. The van der Waals surface area contributed by atoms with Gasteiger partial charge in [-0.2, -0.15) is 4.31 Å². The fraction of sp³-hybridized carbons (Fsp3) is 0.409. The van der Waals surface area contributed by atoms with Crippen molar-refractivity contribution < 1.29 is 22.7 Å². The molecule has 0 bridgehead atoms. The third-order valence-electron chi connectivity index (χ3n) is 5.39. The summed E-state index contributed by atoms with van der Waals surface area (Å²) in [4.78, 5) is 13.0. The molecule has 1 amide bonds. The van der Waals surface area contributed by atoms with E-state index in [2.05, 4.69) is 5.32 Å². The topological polar surface area (TPSA) is 84.9 Å². The highest BCUT2D eigenvalue weighted by atomic mass is 35.5. The standard InChI is InChI=1S/C22H27ClN2O5S/c1-15(16-7-10-20(29-2)21(13-16)30-3)24-22(26)18-14-17(8-9-19(18)23)31(27,28)25-11-5-4-6-12-25/h7-10,13-15H,4-6,11-12H2,1-3H3,(H,24,26)/t15-/m1/s1. The minimum atomic E-state index is -3.67. The van der Waals surface area contributed by atoms with Gasteiger partial charge in [0.2, 0.25) is 10.0 Å². The number of piperidine rings is 1. The summed E-state index contributed by atoms with van der Waals surface area (Å²) in [6, 6.07) is 9.24. The van der Waals surface area contributed by atoms with Gasteiger partial charge in [-0.1, -0.05) is 24.1 Å². The largest absolute Gasteiger partial charge is 0.493 e. The smallest absolute Gasteiger partial charge is 0.253 e. The second-order valence-corrected chi connectivity index (χ2v) is 9.76. The van der Waals surface area contributed by atoms with E-state index in [1.165, 1.54) is 22.5 Å². The number of sulfonamides is 1. The quantitative estimate of drug-likeness (QED) is 0.666. The van der Waals surface area contributed by atoms with Gasteiger partial charge in [0.1, 0.15) is 0 Å². The Hall–Kier alpha value is -2.29. The molecule has 31 heavy (non-hydrogen) atoms. The number of carbonyl (C=O) groups excluding carboxylic acids is 1. The SMILES string of the molecule is COc1ccc([C@@H](C)NC(=O)c2cc(S(=O)(=O)N3CCCCC3)ccc2Cl)cc1OC. The third-order valence-corrected chi connectivity index (χ3v) is 7.61. The molecule has 1 aliphatic heterocycles. The molecule has 1 saturated heterocycles. The molecule has 7 nitrogen and oxygen atoms in total. The number of methoxy groups -OCH3 is 2. The summed E-state index contributed by atoms with van der Waals surface area (Å²) in [5.74, 6) is 0.681. The molecular formula is C22H27ClN2O5S. The number of hydrogen-bond donors (Lipinski definition) is 1. The van der Waals surface area contributed by atoms with E-state index >= 15 is 0 Å². The van der Waals surface area contributed by atoms with E-state index < -0.39 is 15.9 Å². The maximum Gasteiger partial charge on any atom is 0.253 e. The van der Waals surface area contributed by atoms with E-state index in [0.717, 1.165) is 24.8 Å². The number of halogens is 1. The van der Waals surface area contributed by atoms with E-state index in [0.29, 0.717) is 24.6 Å². The Kier molecular flexibility index (Phi) is 7.46. The first-order chi connectivity index (χ1) is 14.8. The van der Waals surface area contributed by atoms with Gasteiger partial charge >= 0.3 is 0 Å². The molecule has 0 unspecified atom stereocenters. The highest BCUT2D eigenvalue weighted by Crippen LogP contribution is 2.30. The number of benzene rings is 2. The van der Waals surface area contributed by atoms with Gasteiger partial charge in [-0.3, -0.25) is 4.79 Å². The lowest BCUT2D eigenvalue weighted by molar-refractivity contribution is 0.0939. The summed E-state index contributed by atoms with van der Waals surface area (Å²) >= 11 is 6.24. The Balaban J connectivity index is 1.82. The van der Waals surface area contributed by atoms with Crippen molar-refractivity contribution in [2.24, 2.45) is 0 Å². The molecular weight excluding hydrogens is 440 g/mol. The van der Waals surface area contributed by atoms with Gasteiger partial charge in [0.15, 0.2) is 11.5 Å². The molecule has 3 rings (SSSR count). The number of carbonyl (C=O) groups is 1. The molecule has 1 atom stereocenters. The fourth-order valence-corrected chi connectivity index (χ4v) is 5.32. The number of amides is 1. The highest BCUT2D eigenvalue weighted by molar-refractivity contribution is 7.89. The van der Waals surface area contributed by atoms with Crippen molar-refractivity contribution in [2.45, 2.75) is 37.1 Å². The lowest BCUT2D eigenvalue weighted by atomic mass is 10.1. The summed E-state index contributed by atoms with van der Waals surface area (Å²) in [6.45, 7) is 2.80. The minimum absolute atomic E-state index is 0.0720. The van der Waals surface area contributed by atoms with Crippen molar-refractivity contribution in [3.05, 3.63) is 52.5 Å². The van der Waals surface area contributed by atoms with Gasteiger partial charge < -0.3 is 14.8 Å². The summed E-state index contributed by atoms with van der Waals surface area (Å²) in [5.41, 5.74) is 0.922. The Morgan fingerprint density at radius 1 is 1.03 bits per heavy atom. The van der Waals surface area contributed by atoms with E-state index in [4.69, 9.17) is 21.1 Å². The van der Waals surface area contributed by atoms with Crippen LogP contribution in [0, 0.1) is 0 Å². The van der Waals surface area contributed by atoms with Crippen LogP contribution >= 0.6 is 11.6 Å². The van der Waals surface area contributed by atoms with Crippen LogP contribution in [-0.4, -0.2) is 45.9 Å². The molecule has 0 aromatic heterocycles. The molecule has 1 N–H and O–H groups in total. The van der Waals surface area contributed by atoms with Crippen molar-refractivity contribution in [1.29, 1.82) is 0 Å². The Labute approximate surface area is 188 Å². The highest BCUT2D eigenvalue weighted by Gasteiger charge is 2.27. The van der Waals surface area contributed by atoms with E-state index in [1.54, 1.807) is 26.4 Å². The van der Waals surface area contributed by atoms with Crippen molar-refractivity contribution in [1.82, 2.24) is 9.62 Å². The molecule has 2 aromatic carbocycles. The van der Waals surface area contributed by atoms with Crippen molar-refractivity contribution in [3.8, 4) is 11.5 Å². The molecule has 0 saturated carbocycles. The van der Waals surface area contributed by atoms with E-state index in [1.807, 2.05) is 13.0 Å². The predicted octanol–water partition coefficient (Wildman–Crippen LogP) is 4.02. The molecule has 1 heterocycles. The van der Waals surface area contributed by atoms with Crippen LogP contribution < -0.4 is 14.8 Å². The molecule has 1 fully saturated rings. The Morgan fingerprint density at radius 3 is 2.35 bits per heavy atom. The molecule has 0 radical (unpaired) electrons. The maximum atomic E-state index is 13.0. The lowest BCUT2D eigenvalue weighted by Crippen LogP contribution is -2.35. The number of rotatable bonds is 7. The monoisotopic (exact) mass is 466 g/mol. The fourth-order valence-electron chi connectivity index (χ4n) is 3.57. The summed E-state index contributed by atoms with van der Waals surface area (Å²) in [5, 5.41) is 3.06. The molecule has 0 aliphatic carbocycles. The van der Waals surface area contributed by atoms with Crippen LogP contribution in [0.2, 0.25) is 5.02 Å². The van der Waals surface area contributed by atoms with Gasteiger partial charge in [0, 0.05) is 13.1 Å². The van der Waals surface area contributed by atoms with Crippen LogP contribution in [0.1, 0.15) is 48.1 Å². The zero-order chi connectivity index (χ0) is 22.6. The van der Waals surface area contributed by atoms with Gasteiger partial charge in [0.25, 0.3) is 5.91 Å². The Bertz CT molecular complexity index is 1050. The van der Waals surface area contributed by atoms with Crippen LogP contribution in [0.15, 0.2) is 41.3 Å². The van der Waals surface area contributed by atoms with Crippen LogP contribution in [-0.2, 0) is 10.0 Å². The lowest BCUT2D eigenvalue weighted by Gasteiger charge is -2.26. The minimum Gasteiger partial charge on any atom is -0.493 e. The number of nitrogens with zero attached hydrogens (tertiary/aromatic N) is 1. The van der Waals surface area contributed by atoms with Crippen LogP contribution in [0.4, 0.5) is 0 Å². The zero-order valence-electron chi connectivity index (χ0n) is 17.9. The summed E-state index contributed by atoms with van der Waals surface area (Å²) in [7, 11) is -0.576. The normalized spacial score (nSPS) is 15.9. The first kappa shape index (κ1) is 23.4. The average molecular weight is 467 g/mol. The van der Waals surface area contributed by atoms with Gasteiger partial charge in [0.05, 0.1) is 35.7 Å². The second kappa shape index (κ2) is 9.89. The predicted molar refractivity (Wildman–Crippen MR) is 119 cm³/mol. The first-order valence-electron chi connectivity index (χ1n) is 10.1. The molecule has 1 aliphatic rings. The Morgan fingerprint density at radius 2 is 1.71 bits per heavy atom. The van der Waals surface area contributed by atoms with Crippen LogP contribution in [0.5, 0.6) is 11.5 Å². The number of ether oxygens (including phenoxy) is 2. The van der Waals surface area contributed by atoms with Crippen molar-refractivity contribution >= 4 is 27.5 Å². The number of nitrogens with one attached hydrogen (secondary N) is 1. The van der Waals surface area contributed by atoms with Crippen LogP contribution in [0.3, 0.4) is 0 Å². The van der Waals surface area contributed by atoms with Gasteiger partial charge in [-0.15, -0.1) is 0 Å². The van der Waals surface area contributed by atoms with E-state index in [-0.39, 0.29) is 21.5 Å². The molecule has 168 valence electrons. The molecule has 9 heteroatoms. The molecule has 0 spiro atoms. The third kappa shape index (κ3) is 5.14. The van der Waals surface area contributed by atoms with Crippen molar-refractivity contribution in [3.63, 3.8) is 0 Å². The summed E-state index contributed by atoms with van der Waals surface area (Å²) < 4.78 is 38.0. The molecule has 2 aromatic rings. The second-order valence-electron chi connectivity index (χ2n) is 7.42. The van der Waals surface area contributed by atoms with Gasteiger partial charge in [-0.25, -0.2) is 8.42 Å². The van der Waals surface area contributed by atoms with E-state index in [9.17, 15) is 13.2 Å². The van der Waals surface area contributed by atoms with Crippen LogP contribution in [0.25, 0.3) is 0 Å².